The maximum atomic E-state index is 12.3. The third-order valence-corrected chi connectivity index (χ3v) is 4.59. The minimum absolute atomic E-state index is 0. The molecule has 0 aromatic heterocycles. The van der Waals surface area contributed by atoms with Crippen molar-refractivity contribution in [2.75, 3.05) is 20.3 Å². The van der Waals surface area contributed by atoms with Crippen molar-refractivity contribution in [1.29, 1.82) is 0 Å². The predicted octanol–water partition coefficient (Wildman–Crippen LogP) is 3.78. The third-order valence-electron chi connectivity index (χ3n) is 2.86. The molecule has 0 amide bonds. The molecule has 3 nitrogen and oxygen atoms in total. The van der Waals surface area contributed by atoms with E-state index in [-0.39, 0.29) is 33.0 Å². The quantitative estimate of drug-likeness (QED) is 0.426. The first-order valence-corrected chi connectivity index (χ1v) is 8.34. The van der Waals surface area contributed by atoms with Crippen LogP contribution in [-0.4, -0.2) is 44.7 Å². The van der Waals surface area contributed by atoms with E-state index in [2.05, 4.69) is 0 Å². The zero-order valence-electron chi connectivity index (χ0n) is 12.9. The molecule has 0 aliphatic carbocycles. The van der Waals surface area contributed by atoms with Crippen molar-refractivity contribution in [2.45, 2.75) is 0 Å². The number of rotatable bonds is 7. The first-order chi connectivity index (χ1) is 10.6. The van der Waals surface area contributed by atoms with Crippen molar-refractivity contribution in [1.82, 2.24) is 0 Å². The van der Waals surface area contributed by atoms with Crippen LogP contribution in [0.3, 0.4) is 0 Å². The summed E-state index contributed by atoms with van der Waals surface area (Å²) in [6.07, 6.45) is 0. The van der Waals surface area contributed by atoms with Gasteiger partial charge in [-0.15, -0.1) is 0 Å². The van der Waals surface area contributed by atoms with E-state index >= 15 is 0 Å². The Labute approximate surface area is 159 Å². The largest absolute Gasteiger partial charge is 0.491 e. The van der Waals surface area contributed by atoms with E-state index < -0.39 is 0 Å². The zero-order chi connectivity index (χ0) is 15.9. The summed E-state index contributed by atoms with van der Waals surface area (Å²) in [5.41, 5.74) is 0.299. The normalized spacial score (nSPS) is 10.6. The molecule has 0 fully saturated rings. The van der Waals surface area contributed by atoms with Gasteiger partial charge in [-0.05, 0) is 38.2 Å². The second-order valence-electron chi connectivity index (χ2n) is 4.42. The molecule has 0 saturated heterocycles. The molecule has 1 atom stereocenters. The molecule has 2 aromatic rings. The summed E-state index contributed by atoms with van der Waals surface area (Å²) in [6.45, 7) is 1.03. The topological polar surface area (TPSA) is 35.5 Å². The van der Waals surface area contributed by atoms with Crippen LogP contribution in [0.2, 0.25) is 10.0 Å². The van der Waals surface area contributed by atoms with E-state index in [0.29, 0.717) is 28.8 Å². The number of ether oxygens (including phenoxy) is 2. The second kappa shape index (κ2) is 10.4. The summed E-state index contributed by atoms with van der Waals surface area (Å²) >= 11 is 12.1. The Balaban J connectivity index is 0.00000264. The number of hydrogen-bond donors (Lipinski definition) is 0. The number of methoxy groups -OCH3 is 1. The van der Waals surface area contributed by atoms with Gasteiger partial charge in [0.25, 0.3) is 0 Å². The van der Waals surface area contributed by atoms with E-state index in [9.17, 15) is 4.79 Å². The molecule has 2 rings (SSSR count). The molecule has 0 bridgehead atoms. The van der Waals surface area contributed by atoms with Gasteiger partial charge < -0.3 is 9.47 Å². The van der Waals surface area contributed by atoms with Crippen LogP contribution >= 0.6 is 31.8 Å². The fourth-order valence-electron chi connectivity index (χ4n) is 1.79. The summed E-state index contributed by atoms with van der Waals surface area (Å²) in [7, 11) is 1.58. The average molecular weight is 364 g/mol. The Kier molecular flexibility index (Phi) is 9.25. The fraction of sp³-hybridized carbons (Fsp3) is 0.188. The van der Waals surface area contributed by atoms with Crippen molar-refractivity contribution in [3.63, 3.8) is 0 Å². The van der Waals surface area contributed by atoms with Gasteiger partial charge in [-0.2, -0.15) is 0 Å². The third kappa shape index (κ3) is 6.12. The SMILES string of the molecule is COCCOc1ccc(PC(=O)c2c(Cl)cccc2Cl)cc1.[Li]. The number of halogens is 2. The molecule has 1 unspecified atom stereocenters. The second-order valence-corrected chi connectivity index (χ2v) is 6.51. The minimum atomic E-state index is -0.0800. The number of benzene rings is 2. The number of carbonyl (C=O) groups is 1. The standard InChI is InChI=1S/C16H15Cl2O3P.Li/c1-20-9-10-21-11-5-7-12(8-6-11)22-16(19)15-13(17)3-2-4-14(15)18;/h2-8,22H,9-10H2,1H3;. The Morgan fingerprint density at radius 2 is 1.65 bits per heavy atom. The molecule has 23 heavy (non-hydrogen) atoms. The summed E-state index contributed by atoms with van der Waals surface area (Å²) < 4.78 is 10.4. The van der Waals surface area contributed by atoms with E-state index in [1.165, 1.54) is 0 Å². The van der Waals surface area contributed by atoms with Gasteiger partial charge in [0, 0.05) is 26.0 Å². The van der Waals surface area contributed by atoms with Crippen LogP contribution in [0.15, 0.2) is 42.5 Å². The Morgan fingerprint density at radius 1 is 1.04 bits per heavy atom. The molecule has 7 heteroatoms. The van der Waals surface area contributed by atoms with Gasteiger partial charge in [0.2, 0.25) is 0 Å². The zero-order valence-corrected chi connectivity index (χ0v) is 15.4. The molecule has 0 heterocycles. The first kappa shape index (κ1) is 20.5. The summed E-state index contributed by atoms with van der Waals surface area (Å²) in [4.78, 5) is 12.3. The van der Waals surface area contributed by atoms with Crippen LogP contribution in [-0.2, 0) is 4.74 Å². The van der Waals surface area contributed by atoms with Gasteiger partial charge in [0.05, 0.1) is 22.2 Å². The molecule has 0 spiro atoms. The van der Waals surface area contributed by atoms with Crippen LogP contribution in [0.1, 0.15) is 10.4 Å². The maximum absolute atomic E-state index is 12.3. The summed E-state index contributed by atoms with van der Waals surface area (Å²) in [5, 5.41) is 1.66. The molecular weight excluding hydrogens is 349 g/mol. The van der Waals surface area contributed by atoms with Gasteiger partial charge in [-0.3, -0.25) is 4.79 Å². The van der Waals surface area contributed by atoms with Crippen molar-refractivity contribution in [3.05, 3.63) is 58.1 Å². The Morgan fingerprint density at radius 3 is 2.22 bits per heavy atom. The van der Waals surface area contributed by atoms with Crippen LogP contribution in [0.4, 0.5) is 0 Å². The summed E-state index contributed by atoms with van der Waals surface area (Å²) in [5.74, 6) is 0.744. The van der Waals surface area contributed by atoms with Crippen LogP contribution in [0.25, 0.3) is 0 Å². The molecule has 0 N–H and O–H groups in total. The molecule has 1 radical (unpaired) electrons. The smallest absolute Gasteiger partial charge is 0.188 e. The molecule has 117 valence electrons. The van der Waals surface area contributed by atoms with Gasteiger partial charge in [0.1, 0.15) is 12.4 Å². The maximum Gasteiger partial charge on any atom is 0.188 e. The van der Waals surface area contributed by atoms with Crippen LogP contribution in [0.5, 0.6) is 5.75 Å². The first-order valence-electron chi connectivity index (χ1n) is 6.59. The Hall–Kier alpha value is -0.523. The van der Waals surface area contributed by atoms with Crippen molar-refractivity contribution < 1.29 is 14.3 Å². The molecule has 0 aliphatic rings. The minimum Gasteiger partial charge on any atom is -0.491 e. The Bertz CT molecular complexity index is 630. The molecule has 0 saturated carbocycles. The van der Waals surface area contributed by atoms with Gasteiger partial charge in [-0.25, -0.2) is 0 Å². The monoisotopic (exact) mass is 363 g/mol. The van der Waals surface area contributed by atoms with Crippen molar-refractivity contribution in [3.8, 4) is 5.75 Å². The van der Waals surface area contributed by atoms with Crippen molar-refractivity contribution >= 4 is 61.5 Å². The van der Waals surface area contributed by atoms with Crippen LogP contribution < -0.4 is 10.0 Å². The van der Waals surface area contributed by atoms with Gasteiger partial charge >= 0.3 is 0 Å². The van der Waals surface area contributed by atoms with Gasteiger partial charge in [0.15, 0.2) is 5.52 Å². The molecule has 2 aromatic carbocycles. The number of hydrogen-bond acceptors (Lipinski definition) is 3. The average Bonchev–Trinajstić information content (AvgIpc) is 2.49. The van der Waals surface area contributed by atoms with E-state index in [1.807, 2.05) is 24.3 Å². The van der Waals surface area contributed by atoms with E-state index in [0.717, 1.165) is 11.1 Å². The van der Waals surface area contributed by atoms with Crippen LogP contribution in [0, 0.1) is 0 Å². The van der Waals surface area contributed by atoms with E-state index in [1.54, 1.807) is 25.3 Å². The predicted molar refractivity (Wildman–Crippen MR) is 98.3 cm³/mol. The molecule has 0 aliphatic heterocycles. The fourth-order valence-corrected chi connectivity index (χ4v) is 3.50. The summed E-state index contributed by atoms with van der Waals surface area (Å²) in [6, 6.07) is 12.4. The number of carbonyl (C=O) groups excluding carboxylic acids is 1. The van der Waals surface area contributed by atoms with Crippen molar-refractivity contribution in [2.24, 2.45) is 0 Å². The van der Waals surface area contributed by atoms with Gasteiger partial charge in [-0.1, -0.05) is 41.4 Å². The molecular formula is C16H15Cl2LiO3P. The van der Waals surface area contributed by atoms with E-state index in [4.69, 9.17) is 32.7 Å².